The minimum atomic E-state index is -0.284. The Hall–Kier alpha value is -2.16. The molecule has 3 rings (SSSR count). The molecule has 0 radical (unpaired) electrons. The van der Waals surface area contributed by atoms with Crippen molar-refractivity contribution in [1.29, 1.82) is 0 Å². The lowest BCUT2D eigenvalue weighted by molar-refractivity contribution is 0.0953. The Balaban J connectivity index is 2.32. The maximum absolute atomic E-state index is 13.3. The first-order valence-corrected chi connectivity index (χ1v) is 5.42. The van der Waals surface area contributed by atoms with Gasteiger partial charge in [0.15, 0.2) is 0 Å². The van der Waals surface area contributed by atoms with Crippen molar-refractivity contribution in [2.45, 2.75) is 6.54 Å². The molecule has 1 heterocycles. The van der Waals surface area contributed by atoms with E-state index in [4.69, 9.17) is 0 Å². The molecule has 0 spiro atoms. The molecule has 0 atom stereocenters. The molecule has 2 aromatic rings. The Morgan fingerprint density at radius 2 is 1.76 bits per heavy atom. The fourth-order valence-electron chi connectivity index (χ4n) is 2.14. The molecule has 0 aliphatic carbocycles. The summed E-state index contributed by atoms with van der Waals surface area (Å²) in [6, 6.07) is 11.9. The summed E-state index contributed by atoms with van der Waals surface area (Å²) in [4.78, 5) is 11.9. The Kier molecular flexibility index (Phi) is 2.18. The molecule has 2 aromatic carbocycles. The lowest BCUT2D eigenvalue weighted by Crippen LogP contribution is -2.21. The summed E-state index contributed by atoms with van der Waals surface area (Å²) in [6.07, 6.45) is 0. The van der Waals surface area contributed by atoms with E-state index in [-0.39, 0.29) is 11.7 Å². The Labute approximate surface area is 98.1 Å². The van der Waals surface area contributed by atoms with Gasteiger partial charge in [0.1, 0.15) is 5.82 Å². The molecule has 0 bridgehead atoms. The highest BCUT2D eigenvalue weighted by molar-refractivity contribution is 6.02. The molecule has 1 N–H and O–H groups in total. The lowest BCUT2D eigenvalue weighted by atomic mass is 9.96. The molecule has 0 saturated heterocycles. The van der Waals surface area contributed by atoms with Crippen LogP contribution in [0, 0.1) is 5.82 Å². The number of fused-ring (bicyclic) bond motifs is 3. The zero-order chi connectivity index (χ0) is 11.8. The Bertz CT molecular complexity index is 607. The van der Waals surface area contributed by atoms with E-state index in [9.17, 15) is 9.18 Å². The summed E-state index contributed by atoms with van der Waals surface area (Å²) in [5.41, 5.74) is 3.11. The first-order valence-electron chi connectivity index (χ1n) is 5.42. The van der Waals surface area contributed by atoms with Gasteiger partial charge in [-0.3, -0.25) is 4.79 Å². The standard InChI is InChI=1S/C14H10FNO/c15-10-6-5-9-8-16-14(17)12-4-2-1-3-11(12)13(9)7-10/h1-7H,8H2,(H,16,17). The molecule has 0 fully saturated rings. The topological polar surface area (TPSA) is 29.1 Å². The minimum absolute atomic E-state index is 0.114. The largest absolute Gasteiger partial charge is 0.348 e. The fraction of sp³-hybridized carbons (Fsp3) is 0.0714. The number of halogens is 1. The summed E-state index contributed by atoms with van der Waals surface area (Å²) in [5, 5.41) is 2.81. The zero-order valence-corrected chi connectivity index (χ0v) is 9.03. The van der Waals surface area contributed by atoms with Crippen LogP contribution in [0.15, 0.2) is 42.5 Å². The van der Waals surface area contributed by atoms with Crippen molar-refractivity contribution >= 4 is 5.91 Å². The number of hydrogen-bond acceptors (Lipinski definition) is 1. The normalized spacial score (nSPS) is 13.4. The molecule has 0 aromatic heterocycles. The summed E-state index contributed by atoms with van der Waals surface area (Å²) in [7, 11) is 0. The van der Waals surface area contributed by atoms with Gasteiger partial charge in [0.25, 0.3) is 5.91 Å². The number of amides is 1. The van der Waals surface area contributed by atoms with Crippen LogP contribution in [-0.4, -0.2) is 5.91 Å². The van der Waals surface area contributed by atoms with Crippen molar-refractivity contribution in [3.05, 3.63) is 59.4 Å². The van der Waals surface area contributed by atoms with Crippen molar-refractivity contribution in [3.63, 3.8) is 0 Å². The second-order valence-electron chi connectivity index (χ2n) is 4.03. The summed E-state index contributed by atoms with van der Waals surface area (Å²) < 4.78 is 13.3. The van der Waals surface area contributed by atoms with Crippen LogP contribution in [0.4, 0.5) is 4.39 Å². The third-order valence-corrected chi connectivity index (χ3v) is 2.97. The zero-order valence-electron chi connectivity index (χ0n) is 9.03. The number of carbonyl (C=O) groups excluding carboxylic acids is 1. The molecule has 1 amide bonds. The molecule has 0 saturated carbocycles. The highest BCUT2D eigenvalue weighted by Crippen LogP contribution is 2.30. The number of hydrogen-bond donors (Lipinski definition) is 1. The molecule has 17 heavy (non-hydrogen) atoms. The van der Waals surface area contributed by atoms with Crippen LogP contribution in [-0.2, 0) is 6.54 Å². The number of benzene rings is 2. The Morgan fingerprint density at radius 3 is 2.59 bits per heavy atom. The molecule has 0 unspecified atom stereocenters. The van der Waals surface area contributed by atoms with Gasteiger partial charge in [0.2, 0.25) is 0 Å². The third-order valence-electron chi connectivity index (χ3n) is 2.97. The van der Waals surface area contributed by atoms with Crippen LogP contribution in [0.3, 0.4) is 0 Å². The number of nitrogens with one attached hydrogen (secondary N) is 1. The van der Waals surface area contributed by atoms with Crippen molar-refractivity contribution < 1.29 is 9.18 Å². The summed E-state index contributed by atoms with van der Waals surface area (Å²) in [5.74, 6) is -0.398. The number of rotatable bonds is 0. The van der Waals surface area contributed by atoms with Crippen molar-refractivity contribution in [2.24, 2.45) is 0 Å². The van der Waals surface area contributed by atoms with Gasteiger partial charge < -0.3 is 5.32 Å². The highest BCUT2D eigenvalue weighted by atomic mass is 19.1. The van der Waals surface area contributed by atoms with E-state index in [0.29, 0.717) is 12.1 Å². The van der Waals surface area contributed by atoms with E-state index < -0.39 is 0 Å². The third kappa shape index (κ3) is 1.60. The van der Waals surface area contributed by atoms with E-state index in [1.54, 1.807) is 12.1 Å². The maximum Gasteiger partial charge on any atom is 0.252 e. The smallest absolute Gasteiger partial charge is 0.252 e. The van der Waals surface area contributed by atoms with E-state index in [1.807, 2.05) is 18.2 Å². The van der Waals surface area contributed by atoms with E-state index in [2.05, 4.69) is 5.32 Å². The molecule has 3 heteroatoms. The summed E-state index contributed by atoms with van der Waals surface area (Å²) >= 11 is 0. The van der Waals surface area contributed by atoms with Gasteiger partial charge in [0, 0.05) is 12.1 Å². The van der Waals surface area contributed by atoms with Gasteiger partial charge >= 0.3 is 0 Å². The van der Waals surface area contributed by atoms with Crippen LogP contribution in [0.5, 0.6) is 0 Å². The average molecular weight is 227 g/mol. The predicted octanol–water partition coefficient (Wildman–Crippen LogP) is 2.74. The fourth-order valence-corrected chi connectivity index (χ4v) is 2.14. The van der Waals surface area contributed by atoms with Crippen molar-refractivity contribution in [2.75, 3.05) is 0 Å². The molecular weight excluding hydrogens is 217 g/mol. The molecule has 84 valence electrons. The van der Waals surface area contributed by atoms with Crippen LogP contribution < -0.4 is 5.32 Å². The SMILES string of the molecule is O=C1NCc2ccc(F)cc2-c2ccccc21. The quantitative estimate of drug-likeness (QED) is 0.736. The van der Waals surface area contributed by atoms with Gasteiger partial charge in [-0.25, -0.2) is 4.39 Å². The highest BCUT2D eigenvalue weighted by Gasteiger charge is 2.19. The van der Waals surface area contributed by atoms with Gasteiger partial charge in [-0.1, -0.05) is 24.3 Å². The first-order chi connectivity index (χ1) is 8.25. The van der Waals surface area contributed by atoms with Crippen molar-refractivity contribution in [1.82, 2.24) is 5.32 Å². The first kappa shape index (κ1) is 10.0. The lowest BCUT2D eigenvalue weighted by Gasteiger charge is -2.07. The van der Waals surface area contributed by atoms with Crippen LogP contribution in [0.25, 0.3) is 11.1 Å². The average Bonchev–Trinajstić information content (AvgIpc) is 2.49. The number of carbonyl (C=O) groups is 1. The minimum Gasteiger partial charge on any atom is -0.348 e. The van der Waals surface area contributed by atoms with Crippen LogP contribution in [0.2, 0.25) is 0 Å². The summed E-state index contributed by atoms with van der Waals surface area (Å²) in [6.45, 7) is 0.434. The molecular formula is C14H10FNO. The monoisotopic (exact) mass is 227 g/mol. The maximum atomic E-state index is 13.3. The van der Waals surface area contributed by atoms with E-state index in [1.165, 1.54) is 12.1 Å². The van der Waals surface area contributed by atoms with E-state index in [0.717, 1.165) is 16.7 Å². The van der Waals surface area contributed by atoms with Gasteiger partial charge in [-0.15, -0.1) is 0 Å². The van der Waals surface area contributed by atoms with Crippen LogP contribution >= 0.6 is 0 Å². The van der Waals surface area contributed by atoms with Gasteiger partial charge in [-0.2, -0.15) is 0 Å². The van der Waals surface area contributed by atoms with Gasteiger partial charge in [0.05, 0.1) is 0 Å². The predicted molar refractivity (Wildman–Crippen MR) is 63.0 cm³/mol. The van der Waals surface area contributed by atoms with Crippen LogP contribution in [0.1, 0.15) is 15.9 Å². The van der Waals surface area contributed by atoms with Gasteiger partial charge in [-0.05, 0) is 34.9 Å². The second kappa shape index (κ2) is 3.70. The van der Waals surface area contributed by atoms with E-state index >= 15 is 0 Å². The second-order valence-corrected chi connectivity index (χ2v) is 4.03. The van der Waals surface area contributed by atoms with Crippen molar-refractivity contribution in [3.8, 4) is 11.1 Å². The Morgan fingerprint density at radius 1 is 1.00 bits per heavy atom. The molecule has 1 aliphatic heterocycles. The molecule has 1 aliphatic rings. The molecule has 2 nitrogen and oxygen atoms in total.